The first kappa shape index (κ1) is 11.3. The zero-order chi connectivity index (χ0) is 11.5. The molecule has 0 saturated heterocycles. The minimum atomic E-state index is 0.394. The Morgan fingerprint density at radius 2 is 2.38 bits per heavy atom. The Bertz CT molecular complexity index is 370. The quantitative estimate of drug-likeness (QED) is 0.768. The Hall–Kier alpha value is -1.16. The van der Waals surface area contributed by atoms with Crippen molar-refractivity contribution in [1.29, 1.82) is 0 Å². The van der Waals surface area contributed by atoms with Crippen LogP contribution in [-0.2, 0) is 0 Å². The highest BCUT2D eigenvalue weighted by atomic mass is 32.1. The van der Waals surface area contributed by atoms with Crippen LogP contribution in [0.15, 0.2) is 18.3 Å². The molecule has 1 atom stereocenters. The molecule has 1 aliphatic rings. The lowest BCUT2D eigenvalue weighted by molar-refractivity contribution is 0.536. The van der Waals surface area contributed by atoms with E-state index in [4.69, 9.17) is 18.0 Å². The van der Waals surface area contributed by atoms with Crippen molar-refractivity contribution in [3.05, 3.63) is 23.9 Å². The van der Waals surface area contributed by atoms with Gasteiger partial charge in [0.1, 0.15) is 10.8 Å². The molecule has 16 heavy (non-hydrogen) atoms. The Balaban J connectivity index is 1.86. The number of nitrogens with zero attached hydrogens (tertiary/aromatic N) is 1. The minimum absolute atomic E-state index is 0.394. The highest BCUT2D eigenvalue weighted by molar-refractivity contribution is 7.80. The Labute approximate surface area is 101 Å². The number of nitrogens with one attached hydrogen (secondary N) is 1. The second kappa shape index (κ2) is 4.78. The van der Waals surface area contributed by atoms with Gasteiger partial charge in [0.25, 0.3) is 0 Å². The molecular weight excluding hydrogens is 218 g/mol. The predicted octanol–water partition coefficient (Wildman–Crippen LogP) is 2.17. The van der Waals surface area contributed by atoms with E-state index in [0.717, 1.165) is 29.8 Å². The van der Waals surface area contributed by atoms with Crippen LogP contribution in [0.4, 0.5) is 5.82 Å². The van der Waals surface area contributed by atoms with Crippen molar-refractivity contribution in [2.45, 2.75) is 19.8 Å². The normalized spacial score (nSPS) is 16.8. The van der Waals surface area contributed by atoms with Crippen LogP contribution in [0.2, 0.25) is 0 Å². The average Bonchev–Trinajstić information content (AvgIpc) is 3.10. The summed E-state index contributed by atoms with van der Waals surface area (Å²) in [6.07, 6.45) is 4.49. The second-order valence-corrected chi connectivity index (χ2v) is 4.93. The van der Waals surface area contributed by atoms with Crippen LogP contribution in [0.3, 0.4) is 0 Å². The molecule has 1 unspecified atom stereocenters. The van der Waals surface area contributed by atoms with E-state index in [1.165, 1.54) is 12.8 Å². The number of aromatic nitrogens is 1. The van der Waals surface area contributed by atoms with E-state index in [0.29, 0.717) is 4.99 Å². The Morgan fingerprint density at radius 3 is 2.88 bits per heavy atom. The number of anilines is 1. The summed E-state index contributed by atoms with van der Waals surface area (Å²) in [5.41, 5.74) is 6.32. The van der Waals surface area contributed by atoms with E-state index in [1.54, 1.807) is 6.20 Å². The molecule has 0 amide bonds. The van der Waals surface area contributed by atoms with E-state index < -0.39 is 0 Å². The van der Waals surface area contributed by atoms with Gasteiger partial charge in [0, 0.05) is 18.3 Å². The summed E-state index contributed by atoms with van der Waals surface area (Å²) in [4.78, 5) is 4.67. The van der Waals surface area contributed by atoms with Crippen molar-refractivity contribution in [3.63, 3.8) is 0 Å². The van der Waals surface area contributed by atoms with Gasteiger partial charge >= 0.3 is 0 Å². The Morgan fingerprint density at radius 1 is 1.62 bits per heavy atom. The van der Waals surface area contributed by atoms with E-state index in [1.807, 2.05) is 12.1 Å². The summed E-state index contributed by atoms with van der Waals surface area (Å²) in [6.45, 7) is 3.28. The van der Waals surface area contributed by atoms with Crippen LogP contribution in [0.25, 0.3) is 0 Å². The van der Waals surface area contributed by atoms with Gasteiger partial charge in [-0.2, -0.15) is 0 Å². The molecular formula is C12H17N3S. The van der Waals surface area contributed by atoms with E-state index in [2.05, 4.69) is 17.2 Å². The lowest BCUT2D eigenvalue weighted by Gasteiger charge is -2.11. The molecule has 0 radical (unpaired) electrons. The SMILES string of the molecule is CC(CNc1ccc(C(N)=S)cn1)C1CC1. The van der Waals surface area contributed by atoms with Gasteiger partial charge in [0.2, 0.25) is 0 Å². The van der Waals surface area contributed by atoms with Gasteiger partial charge in [0.15, 0.2) is 0 Å². The number of thiocarbonyl (C=S) groups is 1. The molecule has 3 N–H and O–H groups in total. The molecule has 0 bridgehead atoms. The van der Waals surface area contributed by atoms with E-state index in [-0.39, 0.29) is 0 Å². The highest BCUT2D eigenvalue weighted by Gasteiger charge is 2.27. The number of rotatable bonds is 5. The lowest BCUT2D eigenvalue weighted by atomic mass is 10.1. The number of hydrogen-bond acceptors (Lipinski definition) is 3. The minimum Gasteiger partial charge on any atom is -0.389 e. The third kappa shape index (κ3) is 2.92. The number of pyridine rings is 1. The van der Waals surface area contributed by atoms with Gasteiger partial charge in [-0.1, -0.05) is 19.1 Å². The molecule has 1 aromatic rings. The molecule has 0 aliphatic heterocycles. The summed E-state index contributed by atoms with van der Waals surface area (Å²) in [5.74, 6) is 2.55. The molecule has 86 valence electrons. The molecule has 2 rings (SSSR count). The summed E-state index contributed by atoms with van der Waals surface area (Å²) in [7, 11) is 0. The van der Waals surface area contributed by atoms with Crippen LogP contribution >= 0.6 is 12.2 Å². The second-order valence-electron chi connectivity index (χ2n) is 4.49. The maximum atomic E-state index is 5.51. The monoisotopic (exact) mass is 235 g/mol. The zero-order valence-electron chi connectivity index (χ0n) is 9.44. The van der Waals surface area contributed by atoms with Gasteiger partial charge < -0.3 is 11.1 Å². The fourth-order valence-electron chi connectivity index (χ4n) is 1.74. The Kier molecular flexibility index (Phi) is 3.39. The molecule has 3 nitrogen and oxygen atoms in total. The molecule has 1 saturated carbocycles. The zero-order valence-corrected chi connectivity index (χ0v) is 10.3. The molecule has 0 spiro atoms. The molecule has 1 aliphatic carbocycles. The number of nitrogens with two attached hydrogens (primary N) is 1. The standard InChI is InChI=1S/C12H17N3S/c1-8(9-2-3-9)6-14-11-5-4-10(7-15-11)12(13)16/h4-5,7-9H,2-3,6H2,1H3,(H2,13,16)(H,14,15). The van der Waals surface area contributed by atoms with Crippen molar-refractivity contribution in [2.24, 2.45) is 17.6 Å². The first-order chi connectivity index (χ1) is 7.66. The maximum Gasteiger partial charge on any atom is 0.125 e. The van der Waals surface area contributed by atoms with Crippen molar-refractivity contribution in [2.75, 3.05) is 11.9 Å². The fourth-order valence-corrected chi connectivity index (χ4v) is 1.86. The van der Waals surface area contributed by atoms with Crippen LogP contribution < -0.4 is 11.1 Å². The van der Waals surface area contributed by atoms with Crippen molar-refractivity contribution >= 4 is 23.0 Å². The maximum absolute atomic E-state index is 5.51. The van der Waals surface area contributed by atoms with Crippen LogP contribution in [0.1, 0.15) is 25.3 Å². The van der Waals surface area contributed by atoms with Crippen molar-refractivity contribution in [3.8, 4) is 0 Å². The lowest BCUT2D eigenvalue weighted by Crippen LogP contribution is -2.14. The van der Waals surface area contributed by atoms with Crippen LogP contribution in [0.5, 0.6) is 0 Å². The summed E-state index contributed by atoms with van der Waals surface area (Å²) >= 11 is 4.87. The van der Waals surface area contributed by atoms with E-state index >= 15 is 0 Å². The largest absolute Gasteiger partial charge is 0.389 e. The number of hydrogen-bond donors (Lipinski definition) is 2. The smallest absolute Gasteiger partial charge is 0.125 e. The van der Waals surface area contributed by atoms with Crippen LogP contribution in [0, 0.1) is 11.8 Å². The first-order valence-electron chi connectivity index (χ1n) is 5.66. The van der Waals surface area contributed by atoms with Gasteiger partial charge in [-0.3, -0.25) is 0 Å². The predicted molar refractivity (Wildman–Crippen MR) is 70.5 cm³/mol. The molecule has 1 aromatic heterocycles. The summed E-state index contributed by atoms with van der Waals surface area (Å²) in [6, 6.07) is 3.83. The molecule has 1 fully saturated rings. The summed E-state index contributed by atoms with van der Waals surface area (Å²) < 4.78 is 0. The van der Waals surface area contributed by atoms with Crippen molar-refractivity contribution < 1.29 is 0 Å². The first-order valence-corrected chi connectivity index (χ1v) is 6.07. The third-order valence-corrected chi connectivity index (χ3v) is 3.32. The van der Waals surface area contributed by atoms with E-state index in [9.17, 15) is 0 Å². The molecule has 0 aromatic carbocycles. The van der Waals surface area contributed by atoms with Gasteiger partial charge in [-0.25, -0.2) is 4.98 Å². The molecule has 4 heteroatoms. The average molecular weight is 235 g/mol. The van der Waals surface area contributed by atoms with Crippen molar-refractivity contribution in [1.82, 2.24) is 4.98 Å². The molecule has 1 heterocycles. The topological polar surface area (TPSA) is 50.9 Å². The highest BCUT2D eigenvalue weighted by Crippen LogP contribution is 2.36. The fraction of sp³-hybridized carbons (Fsp3) is 0.500. The van der Waals surface area contributed by atoms with Gasteiger partial charge in [-0.15, -0.1) is 0 Å². The summed E-state index contributed by atoms with van der Waals surface area (Å²) in [5, 5.41) is 3.34. The van der Waals surface area contributed by atoms with Gasteiger partial charge in [-0.05, 0) is 36.8 Å². The van der Waals surface area contributed by atoms with Crippen LogP contribution in [-0.4, -0.2) is 16.5 Å². The van der Waals surface area contributed by atoms with Gasteiger partial charge in [0.05, 0.1) is 0 Å². The third-order valence-electron chi connectivity index (χ3n) is 3.08.